The monoisotopic (exact) mass is 420 g/mol. The molecule has 0 fully saturated rings. The van der Waals surface area contributed by atoms with Gasteiger partial charge in [0.25, 0.3) is 0 Å². The van der Waals surface area contributed by atoms with E-state index in [1.165, 1.54) is 167 Å². The average Bonchev–Trinajstić information content (AvgIpc) is 2.76. The zero-order chi connectivity index (χ0) is 21.8. The third kappa shape index (κ3) is 27.7. The summed E-state index contributed by atoms with van der Waals surface area (Å²) in [6.45, 7) is 4.60. The largest absolute Gasteiger partial charge is 0.0885 e. The van der Waals surface area contributed by atoms with Crippen LogP contribution in [0.3, 0.4) is 0 Å². The molecule has 0 nitrogen and oxygen atoms in total. The standard InChI is InChI=1S/C30H60/c1-3-5-7-9-11-13-15-17-19-21-23-25-27-29-30-28-26-24-22-20-18-16-14-12-10-8-6-4-2/h25,27H,3-24,26,28-30H2,1-2H3/b27-25-. The fraction of sp³-hybridized carbons (Fsp3) is 0.933. The highest BCUT2D eigenvalue weighted by Crippen LogP contribution is 2.14. The second-order valence-corrected chi connectivity index (χ2v) is 9.83. The Bertz CT molecular complexity index is 303. The smallest absolute Gasteiger partial charge is 0.0351 e. The zero-order valence-corrected chi connectivity index (χ0v) is 21.5. The lowest BCUT2D eigenvalue weighted by atomic mass is 10.0. The van der Waals surface area contributed by atoms with E-state index in [-0.39, 0.29) is 0 Å². The van der Waals surface area contributed by atoms with Gasteiger partial charge in [0.15, 0.2) is 0 Å². The van der Waals surface area contributed by atoms with Crippen LogP contribution in [-0.4, -0.2) is 0 Å². The van der Waals surface area contributed by atoms with Gasteiger partial charge in [-0.05, 0) is 25.7 Å². The van der Waals surface area contributed by atoms with E-state index in [2.05, 4.69) is 26.0 Å². The van der Waals surface area contributed by atoms with Gasteiger partial charge in [-0.3, -0.25) is 0 Å². The van der Waals surface area contributed by atoms with Crippen molar-refractivity contribution in [3.63, 3.8) is 0 Å². The summed E-state index contributed by atoms with van der Waals surface area (Å²) in [6.07, 6.45) is 42.4. The summed E-state index contributed by atoms with van der Waals surface area (Å²) in [5.74, 6) is 0. The molecule has 0 N–H and O–H groups in total. The number of hydrogen-bond acceptors (Lipinski definition) is 0. The third-order valence-corrected chi connectivity index (χ3v) is 6.62. The molecular weight excluding hydrogens is 360 g/mol. The van der Waals surface area contributed by atoms with E-state index in [4.69, 9.17) is 0 Å². The zero-order valence-electron chi connectivity index (χ0n) is 21.5. The van der Waals surface area contributed by atoms with Crippen LogP contribution in [0, 0.1) is 0 Å². The van der Waals surface area contributed by atoms with Crippen LogP contribution in [0.25, 0.3) is 0 Å². The Morgan fingerprint density at radius 1 is 0.267 bits per heavy atom. The van der Waals surface area contributed by atoms with Crippen LogP contribution in [0.4, 0.5) is 0 Å². The average molecular weight is 421 g/mol. The van der Waals surface area contributed by atoms with Crippen LogP contribution in [-0.2, 0) is 0 Å². The molecule has 0 aromatic carbocycles. The predicted molar refractivity (Wildman–Crippen MR) is 141 cm³/mol. The Hall–Kier alpha value is -0.260. The van der Waals surface area contributed by atoms with Crippen LogP contribution in [0.1, 0.15) is 181 Å². The molecule has 0 amide bonds. The Labute approximate surface area is 193 Å². The van der Waals surface area contributed by atoms with Crippen molar-refractivity contribution in [2.45, 2.75) is 181 Å². The van der Waals surface area contributed by atoms with Crippen molar-refractivity contribution < 1.29 is 0 Å². The van der Waals surface area contributed by atoms with Crippen molar-refractivity contribution in [1.82, 2.24) is 0 Å². The molecule has 180 valence electrons. The van der Waals surface area contributed by atoms with Gasteiger partial charge in [0.05, 0.1) is 0 Å². The van der Waals surface area contributed by atoms with Gasteiger partial charge in [0.1, 0.15) is 0 Å². The summed E-state index contributed by atoms with van der Waals surface area (Å²) in [4.78, 5) is 0. The number of allylic oxidation sites excluding steroid dienone is 2. The molecule has 0 aliphatic rings. The maximum Gasteiger partial charge on any atom is -0.0351 e. The molecular formula is C30H60. The van der Waals surface area contributed by atoms with Crippen LogP contribution in [0.5, 0.6) is 0 Å². The highest BCUT2D eigenvalue weighted by molar-refractivity contribution is 4.81. The number of rotatable bonds is 26. The Balaban J connectivity index is 3.05. The fourth-order valence-corrected chi connectivity index (χ4v) is 4.44. The van der Waals surface area contributed by atoms with E-state index in [0.717, 1.165) is 0 Å². The SMILES string of the molecule is CCCCCCCCCCCC/C=C\CCCCCCCCCCCCCCCC. The third-order valence-electron chi connectivity index (χ3n) is 6.62. The van der Waals surface area contributed by atoms with Gasteiger partial charge in [-0.25, -0.2) is 0 Å². The van der Waals surface area contributed by atoms with E-state index < -0.39 is 0 Å². The minimum Gasteiger partial charge on any atom is -0.0885 e. The Morgan fingerprint density at radius 2 is 0.467 bits per heavy atom. The van der Waals surface area contributed by atoms with Crippen molar-refractivity contribution in [2.75, 3.05) is 0 Å². The highest BCUT2D eigenvalue weighted by atomic mass is 14.0. The van der Waals surface area contributed by atoms with E-state index in [1.807, 2.05) is 0 Å². The quantitative estimate of drug-likeness (QED) is 0.0963. The molecule has 0 bridgehead atoms. The second-order valence-electron chi connectivity index (χ2n) is 9.83. The highest BCUT2D eigenvalue weighted by Gasteiger charge is 1.94. The molecule has 0 rings (SSSR count). The van der Waals surface area contributed by atoms with E-state index >= 15 is 0 Å². The second kappa shape index (κ2) is 28.7. The van der Waals surface area contributed by atoms with Crippen molar-refractivity contribution >= 4 is 0 Å². The first-order valence-electron chi connectivity index (χ1n) is 14.6. The molecule has 0 spiro atoms. The predicted octanol–water partition coefficient (Wildman–Crippen LogP) is 11.7. The summed E-state index contributed by atoms with van der Waals surface area (Å²) < 4.78 is 0. The molecule has 0 saturated carbocycles. The van der Waals surface area contributed by atoms with Crippen LogP contribution in [0.2, 0.25) is 0 Å². The molecule has 0 unspecified atom stereocenters. The minimum absolute atomic E-state index is 1.31. The summed E-state index contributed by atoms with van der Waals surface area (Å²) in [5, 5.41) is 0. The molecule has 0 aliphatic carbocycles. The van der Waals surface area contributed by atoms with E-state index in [1.54, 1.807) is 0 Å². The minimum atomic E-state index is 1.31. The van der Waals surface area contributed by atoms with Gasteiger partial charge in [-0.1, -0.05) is 167 Å². The van der Waals surface area contributed by atoms with Crippen LogP contribution in [0.15, 0.2) is 12.2 Å². The molecule has 0 atom stereocenters. The summed E-state index contributed by atoms with van der Waals surface area (Å²) in [6, 6.07) is 0. The van der Waals surface area contributed by atoms with Gasteiger partial charge in [0.2, 0.25) is 0 Å². The lowest BCUT2D eigenvalue weighted by Crippen LogP contribution is -1.83. The fourth-order valence-electron chi connectivity index (χ4n) is 4.44. The molecule has 0 saturated heterocycles. The maximum atomic E-state index is 2.45. The number of hydrogen-bond donors (Lipinski definition) is 0. The van der Waals surface area contributed by atoms with E-state index in [0.29, 0.717) is 0 Å². The lowest BCUT2D eigenvalue weighted by Gasteiger charge is -2.03. The summed E-state index contributed by atoms with van der Waals surface area (Å²) >= 11 is 0. The summed E-state index contributed by atoms with van der Waals surface area (Å²) in [7, 11) is 0. The normalized spacial score (nSPS) is 11.7. The van der Waals surface area contributed by atoms with Gasteiger partial charge >= 0.3 is 0 Å². The van der Waals surface area contributed by atoms with Crippen molar-refractivity contribution in [3.05, 3.63) is 12.2 Å². The first kappa shape index (κ1) is 29.7. The maximum absolute atomic E-state index is 2.45. The van der Waals surface area contributed by atoms with Gasteiger partial charge in [-0.15, -0.1) is 0 Å². The van der Waals surface area contributed by atoms with Gasteiger partial charge < -0.3 is 0 Å². The molecule has 0 aromatic rings. The lowest BCUT2D eigenvalue weighted by molar-refractivity contribution is 0.536. The van der Waals surface area contributed by atoms with Crippen molar-refractivity contribution in [1.29, 1.82) is 0 Å². The van der Waals surface area contributed by atoms with E-state index in [9.17, 15) is 0 Å². The molecule has 0 heterocycles. The topological polar surface area (TPSA) is 0 Å². The first-order chi connectivity index (χ1) is 14.9. The van der Waals surface area contributed by atoms with Crippen molar-refractivity contribution in [2.24, 2.45) is 0 Å². The first-order valence-corrected chi connectivity index (χ1v) is 14.6. The summed E-state index contributed by atoms with van der Waals surface area (Å²) in [5.41, 5.74) is 0. The Kier molecular flexibility index (Phi) is 28.5. The molecule has 0 radical (unpaired) electrons. The number of unbranched alkanes of at least 4 members (excludes halogenated alkanes) is 24. The van der Waals surface area contributed by atoms with Gasteiger partial charge in [0, 0.05) is 0 Å². The Morgan fingerprint density at radius 3 is 0.700 bits per heavy atom. The molecule has 0 heteroatoms. The van der Waals surface area contributed by atoms with Crippen LogP contribution >= 0.6 is 0 Å². The molecule has 30 heavy (non-hydrogen) atoms. The van der Waals surface area contributed by atoms with Crippen LogP contribution < -0.4 is 0 Å². The molecule has 0 aliphatic heterocycles. The molecule has 0 aromatic heterocycles. The van der Waals surface area contributed by atoms with Gasteiger partial charge in [-0.2, -0.15) is 0 Å². The van der Waals surface area contributed by atoms with Crippen molar-refractivity contribution in [3.8, 4) is 0 Å².